The Morgan fingerprint density at radius 3 is 2.10 bits per heavy atom. The van der Waals surface area contributed by atoms with Crippen LogP contribution in [0.5, 0.6) is 0 Å². The van der Waals surface area contributed by atoms with Crippen LogP contribution in [0.3, 0.4) is 0 Å². The number of rotatable bonds is 11. The third-order valence-corrected chi connectivity index (χ3v) is 8.51. The number of hydrogen-bond donors (Lipinski definition) is 0. The fourth-order valence-electron chi connectivity index (χ4n) is 5.28. The molecule has 0 saturated carbocycles. The van der Waals surface area contributed by atoms with Crippen molar-refractivity contribution in [3.63, 3.8) is 0 Å². The number of halogens is 1. The third kappa shape index (κ3) is 8.06. The lowest BCUT2D eigenvalue weighted by atomic mass is 10.0. The molecule has 0 spiro atoms. The SMILES string of the molecule is CC1=C(CN(CCc2ccc(Br)cc2)Cc2ccc(Cc3ccccc3)cc2)N(Cc2ccc(C#N)cc2)C=NC1C. The minimum Gasteiger partial charge on any atom is -0.331 e. The van der Waals surface area contributed by atoms with Crippen LogP contribution in [0.4, 0.5) is 0 Å². The monoisotopic (exact) mass is 616 g/mol. The molecule has 1 aliphatic rings. The van der Waals surface area contributed by atoms with Gasteiger partial charge in [-0.25, -0.2) is 0 Å². The van der Waals surface area contributed by atoms with E-state index in [0.717, 1.165) is 49.1 Å². The van der Waals surface area contributed by atoms with Gasteiger partial charge in [0.05, 0.1) is 24.0 Å². The Hall–Kier alpha value is -3.98. The van der Waals surface area contributed by atoms with E-state index in [0.29, 0.717) is 5.56 Å². The molecule has 42 heavy (non-hydrogen) atoms. The van der Waals surface area contributed by atoms with Crippen LogP contribution in [0.2, 0.25) is 0 Å². The molecule has 1 atom stereocenters. The molecule has 0 N–H and O–H groups in total. The summed E-state index contributed by atoms with van der Waals surface area (Å²) >= 11 is 3.57. The Bertz CT molecular complexity index is 1550. The molecule has 4 aromatic rings. The van der Waals surface area contributed by atoms with Gasteiger partial charge in [-0.1, -0.05) is 94.8 Å². The lowest BCUT2D eigenvalue weighted by molar-refractivity contribution is 0.267. The zero-order valence-electron chi connectivity index (χ0n) is 24.4. The van der Waals surface area contributed by atoms with E-state index in [1.165, 1.54) is 33.5 Å². The molecule has 1 heterocycles. The van der Waals surface area contributed by atoms with Gasteiger partial charge in [-0.05, 0) is 84.3 Å². The van der Waals surface area contributed by atoms with Gasteiger partial charge in [0.25, 0.3) is 0 Å². The van der Waals surface area contributed by atoms with Crippen LogP contribution >= 0.6 is 15.9 Å². The van der Waals surface area contributed by atoms with Gasteiger partial charge in [0, 0.05) is 36.3 Å². The highest BCUT2D eigenvalue weighted by atomic mass is 79.9. The van der Waals surface area contributed by atoms with E-state index in [9.17, 15) is 5.26 Å². The van der Waals surface area contributed by atoms with Crippen molar-refractivity contribution < 1.29 is 0 Å². The van der Waals surface area contributed by atoms with Crippen LogP contribution in [-0.4, -0.2) is 35.3 Å². The first-order chi connectivity index (χ1) is 20.5. The molecule has 4 aromatic carbocycles. The van der Waals surface area contributed by atoms with Crippen LogP contribution in [0, 0.1) is 11.3 Å². The quantitative estimate of drug-likeness (QED) is 0.171. The highest BCUT2D eigenvalue weighted by Gasteiger charge is 2.22. The predicted molar refractivity (Wildman–Crippen MR) is 176 cm³/mol. The Morgan fingerprint density at radius 2 is 1.40 bits per heavy atom. The van der Waals surface area contributed by atoms with Crippen LogP contribution < -0.4 is 0 Å². The molecule has 0 saturated heterocycles. The molecule has 0 amide bonds. The summed E-state index contributed by atoms with van der Waals surface area (Å²) in [5, 5.41) is 9.21. The van der Waals surface area contributed by atoms with Crippen molar-refractivity contribution in [2.24, 2.45) is 4.99 Å². The largest absolute Gasteiger partial charge is 0.331 e. The van der Waals surface area contributed by atoms with Gasteiger partial charge in [0.2, 0.25) is 0 Å². The highest BCUT2D eigenvalue weighted by molar-refractivity contribution is 9.10. The number of aliphatic imine (C=N–C) groups is 1. The molecule has 0 aromatic heterocycles. The predicted octanol–water partition coefficient (Wildman–Crippen LogP) is 8.16. The fourth-order valence-corrected chi connectivity index (χ4v) is 5.54. The van der Waals surface area contributed by atoms with E-state index in [4.69, 9.17) is 4.99 Å². The first kappa shape index (κ1) is 29.5. The molecule has 5 rings (SSSR count). The van der Waals surface area contributed by atoms with Gasteiger partial charge in [-0.15, -0.1) is 0 Å². The molecule has 1 aliphatic heterocycles. The van der Waals surface area contributed by atoms with Crippen molar-refractivity contribution in [2.75, 3.05) is 13.1 Å². The molecule has 0 bridgehead atoms. The lowest BCUT2D eigenvalue weighted by Crippen LogP contribution is -2.37. The molecule has 4 nitrogen and oxygen atoms in total. The van der Waals surface area contributed by atoms with Crippen LogP contribution in [0.15, 0.2) is 124 Å². The molecule has 5 heteroatoms. The number of hydrogen-bond acceptors (Lipinski definition) is 4. The maximum Gasteiger partial charge on any atom is 0.0991 e. The maximum atomic E-state index is 9.21. The second kappa shape index (κ2) is 14.3. The maximum absolute atomic E-state index is 9.21. The lowest BCUT2D eigenvalue weighted by Gasteiger charge is -2.34. The van der Waals surface area contributed by atoms with E-state index < -0.39 is 0 Å². The minimum atomic E-state index is 0.155. The first-order valence-corrected chi connectivity index (χ1v) is 15.3. The summed E-state index contributed by atoms with van der Waals surface area (Å²) in [5.41, 5.74) is 9.76. The second-order valence-corrected chi connectivity index (χ2v) is 12.0. The summed E-state index contributed by atoms with van der Waals surface area (Å²) in [4.78, 5) is 9.62. The van der Waals surface area contributed by atoms with E-state index in [1.807, 2.05) is 30.6 Å². The summed E-state index contributed by atoms with van der Waals surface area (Å²) in [7, 11) is 0. The summed E-state index contributed by atoms with van der Waals surface area (Å²) in [5.74, 6) is 0. The topological polar surface area (TPSA) is 42.6 Å². The minimum absolute atomic E-state index is 0.155. The third-order valence-electron chi connectivity index (χ3n) is 7.98. The molecule has 212 valence electrons. The van der Waals surface area contributed by atoms with Crippen LogP contribution in [0.25, 0.3) is 0 Å². The second-order valence-electron chi connectivity index (χ2n) is 11.1. The van der Waals surface area contributed by atoms with Gasteiger partial charge >= 0.3 is 0 Å². The van der Waals surface area contributed by atoms with E-state index in [-0.39, 0.29) is 6.04 Å². The molecular weight excluding hydrogens is 580 g/mol. The Labute approximate surface area is 258 Å². The molecular formula is C37H37BrN4. The fraction of sp³-hybridized carbons (Fsp3) is 0.243. The molecule has 1 unspecified atom stereocenters. The standard InChI is InChI=1S/C37H37BrN4/c1-28-29(2)40-27-42(25-35-14-10-33(23-39)11-15-35)37(28)26-41(21-20-30-16-18-36(38)19-17-30)24-34-12-8-32(9-13-34)22-31-6-4-3-5-7-31/h3-19,27,29H,20-22,24-26H2,1-2H3. The van der Waals surface area contributed by atoms with Gasteiger partial charge in [-0.2, -0.15) is 5.26 Å². The zero-order chi connectivity index (χ0) is 29.3. The van der Waals surface area contributed by atoms with E-state index in [2.05, 4.69) is 125 Å². The molecule has 0 radical (unpaired) electrons. The van der Waals surface area contributed by atoms with Gasteiger partial charge < -0.3 is 4.90 Å². The highest BCUT2D eigenvalue weighted by Crippen LogP contribution is 2.24. The summed E-state index contributed by atoms with van der Waals surface area (Å²) in [6.45, 7) is 7.76. The van der Waals surface area contributed by atoms with Crippen molar-refractivity contribution in [1.29, 1.82) is 5.26 Å². The number of benzene rings is 4. The Kier molecular flexibility index (Phi) is 10.0. The van der Waals surface area contributed by atoms with Crippen LogP contribution in [0.1, 0.15) is 47.2 Å². The Balaban J connectivity index is 1.35. The number of nitrogens with zero attached hydrogens (tertiary/aromatic N) is 4. The van der Waals surface area contributed by atoms with Crippen LogP contribution in [-0.2, 0) is 25.9 Å². The summed E-state index contributed by atoms with van der Waals surface area (Å²) in [6, 6.07) is 38.6. The normalized spacial score (nSPS) is 14.8. The van der Waals surface area contributed by atoms with E-state index in [1.54, 1.807) is 0 Å². The van der Waals surface area contributed by atoms with E-state index >= 15 is 0 Å². The summed E-state index contributed by atoms with van der Waals surface area (Å²) < 4.78 is 1.11. The molecule has 0 aliphatic carbocycles. The van der Waals surface area contributed by atoms with Crippen molar-refractivity contribution in [2.45, 2.75) is 45.8 Å². The smallest absolute Gasteiger partial charge is 0.0991 e. The van der Waals surface area contributed by atoms with Crippen molar-refractivity contribution in [3.8, 4) is 6.07 Å². The van der Waals surface area contributed by atoms with Crippen molar-refractivity contribution in [3.05, 3.63) is 152 Å². The van der Waals surface area contributed by atoms with Crippen molar-refractivity contribution in [1.82, 2.24) is 9.80 Å². The number of nitriles is 1. The average molecular weight is 618 g/mol. The molecule has 0 fully saturated rings. The zero-order valence-corrected chi connectivity index (χ0v) is 26.0. The van der Waals surface area contributed by atoms with Crippen molar-refractivity contribution >= 4 is 22.3 Å². The summed E-state index contributed by atoms with van der Waals surface area (Å²) in [6.07, 6.45) is 3.92. The Morgan fingerprint density at radius 1 is 0.786 bits per heavy atom. The first-order valence-electron chi connectivity index (χ1n) is 14.5. The van der Waals surface area contributed by atoms with Gasteiger partial charge in [0.15, 0.2) is 0 Å². The average Bonchev–Trinajstić information content (AvgIpc) is 3.02. The van der Waals surface area contributed by atoms with Gasteiger partial charge in [0.1, 0.15) is 0 Å². The van der Waals surface area contributed by atoms with Gasteiger partial charge in [-0.3, -0.25) is 9.89 Å².